The van der Waals surface area contributed by atoms with E-state index in [1.165, 1.54) is 6.08 Å². The first-order chi connectivity index (χ1) is 11.7. The normalized spacial score (nSPS) is 10.5. The van der Waals surface area contributed by atoms with E-state index in [1.807, 2.05) is 0 Å². The summed E-state index contributed by atoms with van der Waals surface area (Å²) in [5, 5.41) is 7.93. The topological polar surface area (TPSA) is 96.5 Å². The van der Waals surface area contributed by atoms with Gasteiger partial charge in [-0.2, -0.15) is 0 Å². The van der Waals surface area contributed by atoms with Crippen LogP contribution in [-0.2, 0) is 20.9 Å². The second-order valence-electron chi connectivity index (χ2n) is 6.35. The van der Waals surface area contributed by atoms with Gasteiger partial charge >= 0.3 is 6.09 Å². The average molecular weight is 347 g/mol. The third-order valence-corrected chi connectivity index (χ3v) is 2.91. The highest BCUT2D eigenvalue weighted by Crippen LogP contribution is 2.10. The van der Waals surface area contributed by atoms with Gasteiger partial charge in [0.25, 0.3) is 0 Å². The summed E-state index contributed by atoms with van der Waals surface area (Å²) in [7, 11) is 0. The van der Waals surface area contributed by atoms with Gasteiger partial charge in [-0.1, -0.05) is 18.7 Å². The van der Waals surface area contributed by atoms with Crippen molar-refractivity contribution in [2.24, 2.45) is 0 Å². The molecule has 0 heterocycles. The lowest BCUT2D eigenvalue weighted by Gasteiger charge is -2.19. The molecule has 0 aromatic heterocycles. The molecule has 1 aromatic rings. The zero-order chi connectivity index (χ0) is 18.9. The van der Waals surface area contributed by atoms with Crippen molar-refractivity contribution in [3.63, 3.8) is 0 Å². The van der Waals surface area contributed by atoms with Gasteiger partial charge in [-0.15, -0.1) is 0 Å². The first-order valence-electron chi connectivity index (χ1n) is 7.95. The fourth-order valence-electron chi connectivity index (χ4n) is 1.78. The molecule has 0 unspecified atom stereocenters. The molecule has 7 nitrogen and oxygen atoms in total. The van der Waals surface area contributed by atoms with E-state index in [0.717, 1.165) is 5.56 Å². The molecule has 0 saturated heterocycles. The Bertz CT molecular complexity index is 618. The number of rotatable bonds is 7. The van der Waals surface area contributed by atoms with E-state index in [1.54, 1.807) is 45.0 Å². The molecule has 0 bridgehead atoms. The highest BCUT2D eigenvalue weighted by Gasteiger charge is 2.15. The van der Waals surface area contributed by atoms with Gasteiger partial charge in [-0.3, -0.25) is 9.59 Å². The first-order valence-corrected chi connectivity index (χ1v) is 7.95. The second kappa shape index (κ2) is 9.46. The van der Waals surface area contributed by atoms with Gasteiger partial charge in [0.15, 0.2) is 0 Å². The third-order valence-electron chi connectivity index (χ3n) is 2.91. The van der Waals surface area contributed by atoms with Gasteiger partial charge in [-0.05, 0) is 44.5 Å². The van der Waals surface area contributed by atoms with Gasteiger partial charge in [0.2, 0.25) is 11.8 Å². The number of amides is 3. The molecular formula is C18H25N3O4. The van der Waals surface area contributed by atoms with Crippen molar-refractivity contribution in [2.75, 3.05) is 11.9 Å². The molecule has 136 valence electrons. The molecule has 0 atom stereocenters. The molecule has 0 aliphatic carbocycles. The van der Waals surface area contributed by atoms with Gasteiger partial charge in [0.05, 0.1) is 0 Å². The maximum atomic E-state index is 11.8. The van der Waals surface area contributed by atoms with Crippen LogP contribution in [0.2, 0.25) is 0 Å². The van der Waals surface area contributed by atoms with E-state index in [-0.39, 0.29) is 24.8 Å². The molecule has 0 fully saturated rings. The van der Waals surface area contributed by atoms with Crippen molar-refractivity contribution in [2.45, 2.75) is 39.3 Å². The van der Waals surface area contributed by atoms with Gasteiger partial charge in [0.1, 0.15) is 5.60 Å². The monoisotopic (exact) mass is 347 g/mol. The van der Waals surface area contributed by atoms with E-state index in [9.17, 15) is 14.4 Å². The van der Waals surface area contributed by atoms with Crippen molar-refractivity contribution < 1.29 is 19.1 Å². The number of hydrogen-bond donors (Lipinski definition) is 3. The van der Waals surface area contributed by atoms with Crippen molar-refractivity contribution >= 4 is 23.6 Å². The Morgan fingerprint density at radius 3 is 2.32 bits per heavy atom. The molecular weight excluding hydrogens is 322 g/mol. The number of ether oxygens (including phenoxy) is 1. The molecule has 1 rings (SSSR count). The predicted molar refractivity (Wildman–Crippen MR) is 96.0 cm³/mol. The zero-order valence-corrected chi connectivity index (χ0v) is 14.8. The number of anilines is 1. The molecule has 0 aliphatic rings. The van der Waals surface area contributed by atoms with Crippen LogP contribution in [0.1, 0.15) is 32.8 Å². The quantitative estimate of drug-likeness (QED) is 0.660. The lowest BCUT2D eigenvalue weighted by molar-refractivity contribution is -0.117. The van der Waals surface area contributed by atoms with Crippen LogP contribution in [0, 0.1) is 0 Å². The summed E-state index contributed by atoms with van der Waals surface area (Å²) in [5.74, 6) is -0.460. The maximum Gasteiger partial charge on any atom is 0.407 e. The highest BCUT2D eigenvalue weighted by atomic mass is 16.6. The summed E-state index contributed by atoms with van der Waals surface area (Å²) < 4.78 is 5.08. The average Bonchev–Trinajstić information content (AvgIpc) is 2.52. The Hall–Kier alpha value is -2.83. The van der Waals surface area contributed by atoms with Crippen LogP contribution >= 0.6 is 0 Å². The molecule has 7 heteroatoms. The number of alkyl carbamates (subject to hydrolysis) is 1. The summed E-state index contributed by atoms with van der Waals surface area (Å²) in [6.45, 7) is 9.26. The van der Waals surface area contributed by atoms with E-state index >= 15 is 0 Å². The van der Waals surface area contributed by atoms with Crippen LogP contribution in [0.25, 0.3) is 0 Å². The number of hydrogen-bond acceptors (Lipinski definition) is 4. The minimum absolute atomic E-state index is 0.135. The highest BCUT2D eigenvalue weighted by molar-refractivity contribution is 5.91. The fourth-order valence-corrected chi connectivity index (χ4v) is 1.78. The summed E-state index contributed by atoms with van der Waals surface area (Å²) in [6, 6.07) is 7.10. The number of nitrogens with one attached hydrogen (secondary N) is 3. The number of carbonyl (C=O) groups excluding carboxylic acids is 3. The van der Waals surface area contributed by atoms with Crippen LogP contribution in [0.15, 0.2) is 36.9 Å². The maximum absolute atomic E-state index is 11.8. The first kappa shape index (κ1) is 20.2. The van der Waals surface area contributed by atoms with Crippen molar-refractivity contribution in [3.8, 4) is 0 Å². The Kier molecular flexibility index (Phi) is 7.65. The van der Waals surface area contributed by atoms with Gasteiger partial charge < -0.3 is 20.7 Å². The van der Waals surface area contributed by atoms with E-state index < -0.39 is 11.7 Å². The van der Waals surface area contributed by atoms with Crippen molar-refractivity contribution in [1.29, 1.82) is 0 Å². The van der Waals surface area contributed by atoms with Crippen LogP contribution in [0.4, 0.5) is 10.5 Å². The zero-order valence-electron chi connectivity index (χ0n) is 14.8. The fraction of sp³-hybridized carbons (Fsp3) is 0.389. The molecule has 3 N–H and O–H groups in total. The Morgan fingerprint density at radius 1 is 1.12 bits per heavy atom. The largest absolute Gasteiger partial charge is 0.444 e. The molecule has 0 aliphatic heterocycles. The van der Waals surface area contributed by atoms with Crippen LogP contribution in [-0.4, -0.2) is 30.1 Å². The minimum Gasteiger partial charge on any atom is -0.444 e. The minimum atomic E-state index is -0.570. The molecule has 25 heavy (non-hydrogen) atoms. The molecule has 0 radical (unpaired) electrons. The van der Waals surface area contributed by atoms with Crippen LogP contribution in [0.5, 0.6) is 0 Å². The number of benzene rings is 1. The third kappa shape index (κ3) is 9.14. The summed E-state index contributed by atoms with van der Waals surface area (Å²) >= 11 is 0. The van der Waals surface area contributed by atoms with Crippen molar-refractivity contribution in [1.82, 2.24) is 10.6 Å². The smallest absolute Gasteiger partial charge is 0.407 e. The Balaban J connectivity index is 2.33. The predicted octanol–water partition coefficient (Wildman–Crippen LogP) is 2.34. The lowest BCUT2D eigenvalue weighted by Crippen LogP contribution is -2.34. The van der Waals surface area contributed by atoms with Gasteiger partial charge in [0, 0.05) is 25.2 Å². The molecule has 3 amide bonds. The van der Waals surface area contributed by atoms with E-state index in [4.69, 9.17) is 4.74 Å². The second-order valence-corrected chi connectivity index (χ2v) is 6.35. The van der Waals surface area contributed by atoms with Gasteiger partial charge in [-0.25, -0.2) is 4.79 Å². The lowest BCUT2D eigenvalue weighted by atomic mass is 10.2. The number of carbonyl (C=O) groups is 3. The van der Waals surface area contributed by atoms with Crippen LogP contribution in [0.3, 0.4) is 0 Å². The molecule has 0 spiro atoms. The summed E-state index contributed by atoms with van der Waals surface area (Å²) in [5.41, 5.74) is 0.972. The summed E-state index contributed by atoms with van der Waals surface area (Å²) in [4.78, 5) is 34.4. The Morgan fingerprint density at radius 2 is 1.76 bits per heavy atom. The van der Waals surface area contributed by atoms with E-state index in [2.05, 4.69) is 22.5 Å². The molecule has 0 saturated carbocycles. The van der Waals surface area contributed by atoms with Crippen molar-refractivity contribution in [3.05, 3.63) is 42.5 Å². The van der Waals surface area contributed by atoms with E-state index in [0.29, 0.717) is 12.2 Å². The molecule has 1 aromatic carbocycles. The SMILES string of the molecule is C=CC(=O)NCc1ccc(NC(=O)CCNC(=O)OC(C)(C)C)cc1. The summed E-state index contributed by atoms with van der Waals surface area (Å²) in [6.07, 6.45) is 0.794. The standard InChI is InChI=1S/C18H25N3O4/c1-5-15(22)20-12-13-6-8-14(9-7-13)21-16(23)10-11-19-17(24)25-18(2,3)4/h5-9H,1,10-12H2,2-4H3,(H,19,24)(H,20,22)(H,21,23). The van der Waals surface area contributed by atoms with Crippen LogP contribution < -0.4 is 16.0 Å². The Labute approximate surface area is 147 Å².